The molecule has 0 bridgehead atoms. The molecule has 1 aromatic heterocycles. The van der Waals surface area contributed by atoms with E-state index in [4.69, 9.17) is 9.15 Å². The predicted octanol–water partition coefficient (Wildman–Crippen LogP) is 1.66. The highest BCUT2D eigenvalue weighted by molar-refractivity contribution is 5.96. The highest BCUT2D eigenvalue weighted by atomic mass is 16.5. The maximum atomic E-state index is 12.1. The third-order valence-corrected chi connectivity index (χ3v) is 3.83. The summed E-state index contributed by atoms with van der Waals surface area (Å²) in [6.07, 6.45) is 0.959. The monoisotopic (exact) mass is 280 g/mol. The molecule has 0 radical (unpaired) electrons. The summed E-state index contributed by atoms with van der Waals surface area (Å²) in [7, 11) is 0. The second-order valence-electron chi connectivity index (χ2n) is 5.28. The van der Waals surface area contributed by atoms with Crippen LogP contribution in [0.4, 0.5) is 0 Å². The summed E-state index contributed by atoms with van der Waals surface area (Å²) in [4.78, 5) is 14.5. The molecule has 20 heavy (non-hydrogen) atoms. The van der Waals surface area contributed by atoms with Gasteiger partial charge in [0.05, 0.1) is 18.8 Å². The zero-order valence-corrected chi connectivity index (χ0v) is 12.6. The first-order valence-electron chi connectivity index (χ1n) is 7.24. The van der Waals surface area contributed by atoms with Crippen molar-refractivity contribution >= 4 is 5.91 Å². The molecule has 0 unspecified atom stereocenters. The van der Waals surface area contributed by atoms with E-state index in [0.717, 1.165) is 50.6 Å². The Balaban J connectivity index is 1.74. The van der Waals surface area contributed by atoms with Crippen molar-refractivity contribution in [3.63, 3.8) is 0 Å². The van der Waals surface area contributed by atoms with Gasteiger partial charge in [-0.25, -0.2) is 0 Å². The Kier molecular flexibility index (Phi) is 5.20. The molecule has 0 spiro atoms. The normalized spacial score (nSPS) is 16.4. The number of nitrogens with one attached hydrogen (secondary N) is 1. The predicted molar refractivity (Wildman–Crippen MR) is 77.1 cm³/mol. The van der Waals surface area contributed by atoms with E-state index < -0.39 is 0 Å². The molecule has 5 heteroatoms. The Labute approximate surface area is 120 Å². The Morgan fingerprint density at radius 3 is 2.50 bits per heavy atom. The summed E-state index contributed by atoms with van der Waals surface area (Å²) >= 11 is 0. The first kappa shape index (κ1) is 15.1. The van der Waals surface area contributed by atoms with Gasteiger partial charge in [-0.15, -0.1) is 0 Å². The number of furan rings is 1. The van der Waals surface area contributed by atoms with E-state index in [1.165, 1.54) is 0 Å². The number of nitrogens with zero attached hydrogens (tertiary/aromatic N) is 1. The molecule has 0 saturated carbocycles. The second-order valence-corrected chi connectivity index (χ2v) is 5.28. The van der Waals surface area contributed by atoms with Crippen LogP contribution in [0, 0.1) is 20.8 Å². The smallest absolute Gasteiger partial charge is 0.255 e. The van der Waals surface area contributed by atoms with Crippen LogP contribution in [-0.4, -0.2) is 50.2 Å². The number of hydrogen-bond acceptors (Lipinski definition) is 4. The summed E-state index contributed by atoms with van der Waals surface area (Å²) < 4.78 is 10.8. The van der Waals surface area contributed by atoms with E-state index in [2.05, 4.69) is 10.2 Å². The fourth-order valence-electron chi connectivity index (χ4n) is 2.55. The number of carbonyl (C=O) groups is 1. The third-order valence-electron chi connectivity index (χ3n) is 3.83. The molecule has 1 amide bonds. The van der Waals surface area contributed by atoms with Crippen LogP contribution in [0.25, 0.3) is 0 Å². The third kappa shape index (κ3) is 3.61. The molecule has 5 nitrogen and oxygen atoms in total. The van der Waals surface area contributed by atoms with Crippen LogP contribution in [0.3, 0.4) is 0 Å². The molecular formula is C15H24N2O3. The van der Waals surface area contributed by atoms with Crippen molar-refractivity contribution in [2.45, 2.75) is 27.2 Å². The maximum absolute atomic E-state index is 12.1. The Hall–Kier alpha value is -1.33. The largest absolute Gasteiger partial charge is 0.466 e. The fourth-order valence-corrected chi connectivity index (χ4v) is 2.55. The summed E-state index contributed by atoms with van der Waals surface area (Å²) in [5.41, 5.74) is 1.63. The average molecular weight is 280 g/mol. The van der Waals surface area contributed by atoms with Crippen LogP contribution in [-0.2, 0) is 4.74 Å². The molecule has 0 aliphatic carbocycles. The van der Waals surface area contributed by atoms with Crippen molar-refractivity contribution in [2.24, 2.45) is 0 Å². The van der Waals surface area contributed by atoms with Gasteiger partial charge < -0.3 is 14.5 Å². The number of aryl methyl sites for hydroxylation is 2. The highest BCUT2D eigenvalue weighted by Crippen LogP contribution is 2.20. The summed E-state index contributed by atoms with van der Waals surface area (Å²) in [5.74, 6) is 1.49. The lowest BCUT2D eigenvalue weighted by Gasteiger charge is -2.26. The lowest BCUT2D eigenvalue weighted by molar-refractivity contribution is 0.0374. The van der Waals surface area contributed by atoms with Crippen LogP contribution >= 0.6 is 0 Å². The first-order valence-corrected chi connectivity index (χ1v) is 7.24. The fraction of sp³-hybridized carbons (Fsp3) is 0.667. The molecule has 1 N–H and O–H groups in total. The molecule has 112 valence electrons. The number of rotatable bonds is 5. The Bertz CT molecular complexity index is 462. The minimum absolute atomic E-state index is 0.0289. The molecule has 0 atom stereocenters. The van der Waals surface area contributed by atoms with Gasteiger partial charge in [-0.2, -0.15) is 0 Å². The van der Waals surface area contributed by atoms with Gasteiger partial charge in [0.2, 0.25) is 0 Å². The van der Waals surface area contributed by atoms with Crippen LogP contribution in [0.2, 0.25) is 0 Å². The molecule has 1 saturated heterocycles. The van der Waals surface area contributed by atoms with E-state index >= 15 is 0 Å². The van der Waals surface area contributed by atoms with E-state index in [9.17, 15) is 4.79 Å². The molecule has 1 fully saturated rings. The zero-order valence-electron chi connectivity index (χ0n) is 12.6. The summed E-state index contributed by atoms with van der Waals surface area (Å²) in [6.45, 7) is 11.0. The number of hydrogen-bond donors (Lipinski definition) is 1. The molecule has 1 aliphatic rings. The number of ether oxygens (including phenoxy) is 1. The quantitative estimate of drug-likeness (QED) is 0.833. The molecule has 2 heterocycles. The first-order chi connectivity index (χ1) is 9.59. The number of morpholine rings is 1. The van der Waals surface area contributed by atoms with Crippen molar-refractivity contribution in [3.8, 4) is 0 Å². The molecule has 1 aliphatic heterocycles. The minimum atomic E-state index is -0.0289. The van der Waals surface area contributed by atoms with Gasteiger partial charge >= 0.3 is 0 Å². The van der Waals surface area contributed by atoms with Gasteiger partial charge in [-0.3, -0.25) is 9.69 Å². The molecule has 2 rings (SSSR count). The van der Waals surface area contributed by atoms with E-state index in [-0.39, 0.29) is 5.91 Å². The number of amides is 1. The van der Waals surface area contributed by atoms with E-state index in [1.54, 1.807) is 0 Å². The van der Waals surface area contributed by atoms with Gasteiger partial charge in [0.25, 0.3) is 5.91 Å². The van der Waals surface area contributed by atoms with Gasteiger partial charge in [-0.1, -0.05) is 0 Å². The van der Waals surface area contributed by atoms with Crippen molar-refractivity contribution in [2.75, 3.05) is 39.4 Å². The van der Waals surface area contributed by atoms with Crippen LogP contribution < -0.4 is 5.32 Å². The SMILES string of the molecule is Cc1oc(C)c(C(=O)NCCCN2CCOCC2)c1C. The van der Waals surface area contributed by atoms with Gasteiger partial charge in [0, 0.05) is 25.2 Å². The van der Waals surface area contributed by atoms with Crippen molar-refractivity contribution in [1.29, 1.82) is 0 Å². The standard InChI is InChI=1S/C15H24N2O3/c1-11-12(2)20-13(3)14(11)15(18)16-5-4-6-17-7-9-19-10-8-17/h4-10H2,1-3H3,(H,16,18). The van der Waals surface area contributed by atoms with Crippen LogP contribution in [0.15, 0.2) is 4.42 Å². The van der Waals surface area contributed by atoms with Crippen LogP contribution in [0.5, 0.6) is 0 Å². The zero-order chi connectivity index (χ0) is 14.5. The molecule has 1 aromatic rings. The lowest BCUT2D eigenvalue weighted by atomic mass is 10.1. The van der Waals surface area contributed by atoms with Crippen molar-refractivity contribution in [3.05, 3.63) is 22.6 Å². The highest BCUT2D eigenvalue weighted by Gasteiger charge is 2.18. The average Bonchev–Trinajstić information content (AvgIpc) is 2.69. The molecular weight excluding hydrogens is 256 g/mol. The number of carbonyl (C=O) groups excluding carboxylic acids is 1. The van der Waals surface area contributed by atoms with E-state index in [1.807, 2.05) is 20.8 Å². The van der Waals surface area contributed by atoms with Crippen LogP contribution in [0.1, 0.15) is 33.9 Å². The Morgan fingerprint density at radius 1 is 1.20 bits per heavy atom. The summed E-state index contributed by atoms with van der Waals surface area (Å²) in [5, 5.41) is 2.98. The maximum Gasteiger partial charge on any atom is 0.255 e. The van der Waals surface area contributed by atoms with Crippen molar-refractivity contribution < 1.29 is 13.9 Å². The summed E-state index contributed by atoms with van der Waals surface area (Å²) in [6, 6.07) is 0. The van der Waals surface area contributed by atoms with E-state index in [0.29, 0.717) is 17.9 Å². The van der Waals surface area contributed by atoms with Gasteiger partial charge in [-0.05, 0) is 33.7 Å². The second kappa shape index (κ2) is 6.90. The molecule has 0 aromatic carbocycles. The minimum Gasteiger partial charge on any atom is -0.466 e. The van der Waals surface area contributed by atoms with Gasteiger partial charge in [0.1, 0.15) is 11.5 Å². The Morgan fingerprint density at radius 2 is 1.90 bits per heavy atom. The topological polar surface area (TPSA) is 54.7 Å². The van der Waals surface area contributed by atoms with Crippen molar-refractivity contribution in [1.82, 2.24) is 10.2 Å². The lowest BCUT2D eigenvalue weighted by Crippen LogP contribution is -2.38. The van der Waals surface area contributed by atoms with Gasteiger partial charge in [0.15, 0.2) is 0 Å².